The zero-order chi connectivity index (χ0) is 15.8. The number of rotatable bonds is 8. The quantitative estimate of drug-likeness (QED) is 0.568. The molecule has 0 bridgehead atoms. The molecule has 7 nitrogen and oxygen atoms in total. The standard InChI is InChI=1S/C14H18N2O5/c1-21-11-4-2-9(3-5-11)6-10(8-17)16-14(20)12(15)7-13(18)19/h2-5,8,10,12H,6-7,15H2,1H3,(H,16,20)(H,18,19)/t10-,12-/m0/s1. The van der Waals surface area contributed by atoms with Crippen molar-refractivity contribution >= 4 is 18.2 Å². The summed E-state index contributed by atoms with van der Waals surface area (Å²) >= 11 is 0. The number of hydrogen-bond acceptors (Lipinski definition) is 5. The number of hydrogen-bond donors (Lipinski definition) is 3. The molecule has 2 atom stereocenters. The molecule has 7 heteroatoms. The van der Waals surface area contributed by atoms with Crippen molar-refractivity contribution in [1.82, 2.24) is 5.32 Å². The largest absolute Gasteiger partial charge is 0.497 e. The Labute approximate surface area is 122 Å². The van der Waals surface area contributed by atoms with Gasteiger partial charge < -0.3 is 25.7 Å². The number of nitrogens with two attached hydrogens (primary N) is 1. The molecule has 21 heavy (non-hydrogen) atoms. The highest BCUT2D eigenvalue weighted by atomic mass is 16.5. The fraction of sp³-hybridized carbons (Fsp3) is 0.357. The fourth-order valence-electron chi connectivity index (χ4n) is 1.72. The van der Waals surface area contributed by atoms with Gasteiger partial charge in [0.05, 0.1) is 25.6 Å². The van der Waals surface area contributed by atoms with E-state index in [-0.39, 0.29) is 0 Å². The second kappa shape index (κ2) is 8.01. The molecule has 1 aromatic carbocycles. The highest BCUT2D eigenvalue weighted by molar-refractivity contribution is 5.87. The summed E-state index contributed by atoms with van der Waals surface area (Å²) in [5, 5.41) is 11.0. The van der Waals surface area contributed by atoms with Crippen LogP contribution in [0, 0.1) is 0 Å². The monoisotopic (exact) mass is 294 g/mol. The number of nitrogens with one attached hydrogen (secondary N) is 1. The maximum atomic E-state index is 11.7. The molecule has 1 amide bonds. The van der Waals surface area contributed by atoms with Crippen molar-refractivity contribution in [3.05, 3.63) is 29.8 Å². The molecule has 0 saturated carbocycles. The predicted molar refractivity (Wildman–Crippen MR) is 74.9 cm³/mol. The van der Waals surface area contributed by atoms with Crippen molar-refractivity contribution in [2.45, 2.75) is 24.9 Å². The minimum Gasteiger partial charge on any atom is -0.497 e. The zero-order valence-electron chi connectivity index (χ0n) is 11.6. The SMILES string of the molecule is COc1ccc(C[C@@H](C=O)NC(=O)[C@@H](N)CC(=O)O)cc1. The fourth-order valence-corrected chi connectivity index (χ4v) is 1.72. The van der Waals surface area contributed by atoms with E-state index in [1.54, 1.807) is 31.4 Å². The van der Waals surface area contributed by atoms with Gasteiger partial charge >= 0.3 is 5.97 Å². The first-order valence-electron chi connectivity index (χ1n) is 6.32. The number of carbonyl (C=O) groups is 3. The minimum absolute atomic E-state index is 0.291. The Hall–Kier alpha value is -2.41. The van der Waals surface area contributed by atoms with E-state index in [4.69, 9.17) is 15.6 Å². The lowest BCUT2D eigenvalue weighted by atomic mass is 10.1. The molecule has 0 saturated heterocycles. The van der Waals surface area contributed by atoms with Gasteiger partial charge in [-0.3, -0.25) is 9.59 Å². The molecule has 0 spiro atoms. The number of aldehydes is 1. The molecule has 0 unspecified atom stereocenters. The maximum Gasteiger partial charge on any atom is 0.305 e. The van der Waals surface area contributed by atoms with Crippen LogP contribution in [0.3, 0.4) is 0 Å². The lowest BCUT2D eigenvalue weighted by molar-refractivity contribution is -0.139. The average molecular weight is 294 g/mol. The molecular weight excluding hydrogens is 276 g/mol. The van der Waals surface area contributed by atoms with Crippen molar-refractivity contribution in [2.24, 2.45) is 5.73 Å². The van der Waals surface area contributed by atoms with Crippen LogP contribution < -0.4 is 15.8 Å². The van der Waals surface area contributed by atoms with Crippen LogP contribution >= 0.6 is 0 Å². The van der Waals surface area contributed by atoms with Crippen LogP contribution in [0.25, 0.3) is 0 Å². The van der Waals surface area contributed by atoms with Gasteiger partial charge in [-0.05, 0) is 24.1 Å². The van der Waals surface area contributed by atoms with E-state index in [0.29, 0.717) is 18.5 Å². The maximum absolute atomic E-state index is 11.7. The molecule has 0 aliphatic heterocycles. The van der Waals surface area contributed by atoms with Crippen LogP contribution in [0.2, 0.25) is 0 Å². The molecule has 0 radical (unpaired) electrons. The third-order valence-electron chi connectivity index (χ3n) is 2.84. The molecule has 0 aliphatic carbocycles. The van der Waals surface area contributed by atoms with E-state index < -0.39 is 30.4 Å². The Balaban J connectivity index is 2.59. The van der Waals surface area contributed by atoms with E-state index in [0.717, 1.165) is 5.56 Å². The van der Waals surface area contributed by atoms with Gasteiger partial charge in [0.15, 0.2) is 0 Å². The van der Waals surface area contributed by atoms with E-state index in [1.165, 1.54) is 0 Å². The molecule has 114 valence electrons. The summed E-state index contributed by atoms with van der Waals surface area (Å²) in [5.41, 5.74) is 6.26. The van der Waals surface area contributed by atoms with Crippen LogP contribution in [-0.4, -0.2) is 42.5 Å². The highest BCUT2D eigenvalue weighted by Crippen LogP contribution is 2.12. The van der Waals surface area contributed by atoms with Crippen LogP contribution in [0.1, 0.15) is 12.0 Å². The van der Waals surface area contributed by atoms with Gasteiger partial charge in [0.25, 0.3) is 0 Å². The smallest absolute Gasteiger partial charge is 0.305 e. The number of aliphatic carboxylic acids is 1. The van der Waals surface area contributed by atoms with Crippen molar-refractivity contribution in [3.8, 4) is 5.75 Å². The van der Waals surface area contributed by atoms with Crippen LogP contribution in [-0.2, 0) is 20.8 Å². The van der Waals surface area contributed by atoms with Gasteiger partial charge in [-0.1, -0.05) is 12.1 Å². The molecule has 0 aromatic heterocycles. The Bertz CT molecular complexity index is 501. The molecule has 0 aliphatic rings. The molecule has 1 rings (SSSR count). The number of methoxy groups -OCH3 is 1. The van der Waals surface area contributed by atoms with E-state index in [2.05, 4.69) is 5.32 Å². The van der Waals surface area contributed by atoms with Crippen LogP contribution in [0.15, 0.2) is 24.3 Å². The first kappa shape index (κ1) is 16.6. The Morgan fingerprint density at radius 3 is 2.48 bits per heavy atom. The third-order valence-corrected chi connectivity index (χ3v) is 2.84. The Morgan fingerprint density at radius 1 is 1.38 bits per heavy atom. The van der Waals surface area contributed by atoms with Crippen molar-refractivity contribution in [2.75, 3.05) is 7.11 Å². The minimum atomic E-state index is -1.18. The number of amides is 1. The van der Waals surface area contributed by atoms with Crippen molar-refractivity contribution in [3.63, 3.8) is 0 Å². The van der Waals surface area contributed by atoms with E-state index in [1.807, 2.05) is 0 Å². The summed E-state index contributed by atoms with van der Waals surface area (Å²) < 4.78 is 5.02. The third kappa shape index (κ3) is 5.62. The Kier molecular flexibility index (Phi) is 6.35. The summed E-state index contributed by atoms with van der Waals surface area (Å²) in [4.78, 5) is 33.2. The molecular formula is C14H18N2O5. The predicted octanol–water partition coefficient (Wildman–Crippen LogP) is -0.277. The lowest BCUT2D eigenvalue weighted by Gasteiger charge is -2.16. The highest BCUT2D eigenvalue weighted by Gasteiger charge is 2.20. The Morgan fingerprint density at radius 2 is 2.00 bits per heavy atom. The number of benzene rings is 1. The van der Waals surface area contributed by atoms with Crippen LogP contribution in [0.5, 0.6) is 5.75 Å². The number of carbonyl (C=O) groups excluding carboxylic acids is 2. The number of ether oxygens (including phenoxy) is 1. The van der Waals surface area contributed by atoms with Gasteiger partial charge in [0.1, 0.15) is 12.0 Å². The summed E-state index contributed by atoms with van der Waals surface area (Å²) in [7, 11) is 1.55. The average Bonchev–Trinajstić information content (AvgIpc) is 2.46. The van der Waals surface area contributed by atoms with Crippen molar-refractivity contribution in [1.29, 1.82) is 0 Å². The first-order valence-corrected chi connectivity index (χ1v) is 6.32. The van der Waals surface area contributed by atoms with Gasteiger partial charge in [-0.2, -0.15) is 0 Å². The molecule has 4 N–H and O–H groups in total. The molecule has 1 aromatic rings. The molecule has 0 fully saturated rings. The first-order chi connectivity index (χ1) is 9.96. The zero-order valence-corrected chi connectivity index (χ0v) is 11.6. The summed E-state index contributed by atoms with van der Waals surface area (Å²) in [5.74, 6) is -1.15. The van der Waals surface area contributed by atoms with E-state index >= 15 is 0 Å². The summed E-state index contributed by atoms with van der Waals surface area (Å²) in [6.45, 7) is 0. The van der Waals surface area contributed by atoms with Gasteiger partial charge in [0, 0.05) is 0 Å². The van der Waals surface area contributed by atoms with Crippen molar-refractivity contribution < 1.29 is 24.2 Å². The van der Waals surface area contributed by atoms with Crippen LogP contribution in [0.4, 0.5) is 0 Å². The van der Waals surface area contributed by atoms with Gasteiger partial charge in [-0.25, -0.2) is 0 Å². The summed E-state index contributed by atoms with van der Waals surface area (Å²) in [6.07, 6.45) is 0.397. The van der Waals surface area contributed by atoms with E-state index in [9.17, 15) is 14.4 Å². The normalized spacial score (nSPS) is 13.0. The van der Waals surface area contributed by atoms with Gasteiger partial charge in [0.2, 0.25) is 5.91 Å². The number of carboxylic acid groups (broad SMARTS) is 1. The second-order valence-electron chi connectivity index (χ2n) is 4.51. The lowest BCUT2D eigenvalue weighted by Crippen LogP contribution is -2.47. The topological polar surface area (TPSA) is 119 Å². The van der Waals surface area contributed by atoms with Gasteiger partial charge in [-0.15, -0.1) is 0 Å². The summed E-state index contributed by atoms with van der Waals surface area (Å²) in [6, 6.07) is 5.10. The second-order valence-corrected chi connectivity index (χ2v) is 4.51. The molecule has 0 heterocycles. The number of carboxylic acids is 1.